The molecule has 0 atom stereocenters. The van der Waals surface area contributed by atoms with Crippen LogP contribution in [-0.4, -0.2) is 59.2 Å². The minimum absolute atomic E-state index is 0.0829. The number of alkyl halides is 2. The second kappa shape index (κ2) is 9.07. The lowest BCUT2D eigenvalue weighted by molar-refractivity contribution is -0.0493. The molecular formula is C21H27F2N3O5. The standard InChI is InChI=1S/C21H27F2N3O5/c1-21(2,3)31-20(28)25-9-7-13(8-10-25)11-26-12-15-16(24-26)6-5-14(18(27)29-4)17(15)30-19(22)23/h5-6,12-13,19H,7-11H2,1-4H3. The highest BCUT2D eigenvalue weighted by molar-refractivity contribution is 6.00. The highest BCUT2D eigenvalue weighted by atomic mass is 19.3. The summed E-state index contributed by atoms with van der Waals surface area (Å²) in [5.41, 5.74) is -0.181. The van der Waals surface area contributed by atoms with Gasteiger partial charge in [0.1, 0.15) is 11.2 Å². The molecule has 1 amide bonds. The van der Waals surface area contributed by atoms with Gasteiger partial charge in [0.2, 0.25) is 0 Å². The van der Waals surface area contributed by atoms with Crippen molar-refractivity contribution in [3.63, 3.8) is 0 Å². The summed E-state index contributed by atoms with van der Waals surface area (Å²) in [4.78, 5) is 25.8. The van der Waals surface area contributed by atoms with Crippen molar-refractivity contribution < 1.29 is 32.6 Å². The van der Waals surface area contributed by atoms with Crippen molar-refractivity contribution >= 4 is 23.0 Å². The van der Waals surface area contributed by atoms with Crippen LogP contribution in [0.5, 0.6) is 5.75 Å². The SMILES string of the molecule is COC(=O)c1ccc2nn(CC3CCN(C(=O)OC(C)(C)C)CC3)cc2c1OC(F)F. The van der Waals surface area contributed by atoms with Crippen LogP contribution in [-0.2, 0) is 16.0 Å². The summed E-state index contributed by atoms with van der Waals surface area (Å²) in [5, 5.41) is 4.75. The van der Waals surface area contributed by atoms with Crippen LogP contribution >= 0.6 is 0 Å². The molecule has 1 aliphatic rings. The minimum atomic E-state index is -3.09. The molecule has 10 heteroatoms. The Hall–Kier alpha value is -2.91. The third kappa shape index (κ3) is 5.62. The quantitative estimate of drug-likeness (QED) is 0.653. The van der Waals surface area contributed by atoms with E-state index in [-0.39, 0.29) is 23.3 Å². The molecule has 0 saturated carbocycles. The summed E-state index contributed by atoms with van der Waals surface area (Å²) in [6.07, 6.45) is 2.81. The predicted molar refractivity (Wildman–Crippen MR) is 108 cm³/mol. The first-order chi connectivity index (χ1) is 14.6. The number of methoxy groups -OCH3 is 1. The van der Waals surface area contributed by atoms with Gasteiger partial charge in [-0.05, 0) is 51.7 Å². The average molecular weight is 439 g/mol. The number of fused-ring (bicyclic) bond motifs is 1. The van der Waals surface area contributed by atoms with Crippen LogP contribution in [0, 0.1) is 5.92 Å². The first-order valence-electron chi connectivity index (χ1n) is 10.1. The number of benzene rings is 1. The van der Waals surface area contributed by atoms with Crippen molar-refractivity contribution in [2.45, 2.75) is 52.4 Å². The van der Waals surface area contributed by atoms with E-state index in [0.717, 1.165) is 12.8 Å². The first kappa shape index (κ1) is 22.8. The molecule has 2 aromatic rings. The Labute approximate surface area is 179 Å². The average Bonchev–Trinajstić information content (AvgIpc) is 3.09. The second-order valence-corrected chi connectivity index (χ2v) is 8.51. The van der Waals surface area contributed by atoms with Crippen LogP contribution in [0.25, 0.3) is 10.9 Å². The number of aromatic nitrogens is 2. The molecule has 1 aromatic carbocycles. The van der Waals surface area contributed by atoms with Gasteiger partial charge in [-0.1, -0.05) is 0 Å². The van der Waals surface area contributed by atoms with Crippen LogP contribution in [0.3, 0.4) is 0 Å². The lowest BCUT2D eigenvalue weighted by Crippen LogP contribution is -2.42. The Kier molecular flexibility index (Phi) is 6.66. The van der Waals surface area contributed by atoms with Crippen molar-refractivity contribution in [3.05, 3.63) is 23.9 Å². The smallest absolute Gasteiger partial charge is 0.410 e. The number of esters is 1. The Balaban J connectivity index is 1.72. The van der Waals surface area contributed by atoms with E-state index >= 15 is 0 Å². The Bertz CT molecular complexity index is 946. The van der Waals surface area contributed by atoms with Crippen molar-refractivity contribution in [2.24, 2.45) is 5.92 Å². The summed E-state index contributed by atoms with van der Waals surface area (Å²) in [6, 6.07) is 2.93. The van der Waals surface area contributed by atoms with E-state index in [0.29, 0.717) is 30.5 Å². The van der Waals surface area contributed by atoms with E-state index in [1.807, 2.05) is 20.8 Å². The number of nitrogens with zero attached hydrogens (tertiary/aromatic N) is 3. The normalized spacial score (nSPS) is 15.4. The number of amides is 1. The molecule has 0 N–H and O–H groups in total. The van der Waals surface area contributed by atoms with Gasteiger partial charge in [-0.3, -0.25) is 4.68 Å². The maximum absolute atomic E-state index is 12.9. The number of hydrogen-bond donors (Lipinski definition) is 0. The van der Waals surface area contributed by atoms with Gasteiger partial charge in [-0.2, -0.15) is 13.9 Å². The maximum Gasteiger partial charge on any atom is 0.410 e. The highest BCUT2D eigenvalue weighted by Crippen LogP contribution is 2.32. The number of carbonyl (C=O) groups is 2. The molecule has 0 bridgehead atoms. The van der Waals surface area contributed by atoms with E-state index < -0.39 is 18.2 Å². The van der Waals surface area contributed by atoms with E-state index in [4.69, 9.17) is 4.74 Å². The van der Waals surface area contributed by atoms with Gasteiger partial charge in [0.05, 0.1) is 18.0 Å². The number of hydrogen-bond acceptors (Lipinski definition) is 6. The Morgan fingerprint density at radius 2 is 1.90 bits per heavy atom. The van der Waals surface area contributed by atoms with Gasteiger partial charge in [-0.25, -0.2) is 9.59 Å². The van der Waals surface area contributed by atoms with Gasteiger partial charge in [-0.15, -0.1) is 0 Å². The van der Waals surface area contributed by atoms with Crippen molar-refractivity contribution in [2.75, 3.05) is 20.2 Å². The molecule has 0 radical (unpaired) electrons. The number of piperidine rings is 1. The third-order valence-electron chi connectivity index (χ3n) is 5.01. The van der Waals surface area contributed by atoms with Crippen molar-refractivity contribution in [1.82, 2.24) is 14.7 Å². The fourth-order valence-corrected chi connectivity index (χ4v) is 3.59. The fourth-order valence-electron chi connectivity index (χ4n) is 3.59. The number of likely N-dealkylation sites (tertiary alicyclic amines) is 1. The maximum atomic E-state index is 12.9. The van der Waals surface area contributed by atoms with Crippen LogP contribution in [0.15, 0.2) is 18.3 Å². The molecule has 0 aliphatic carbocycles. The monoisotopic (exact) mass is 439 g/mol. The third-order valence-corrected chi connectivity index (χ3v) is 5.01. The van der Waals surface area contributed by atoms with Crippen LogP contribution < -0.4 is 4.74 Å². The largest absolute Gasteiger partial charge is 0.465 e. The molecule has 31 heavy (non-hydrogen) atoms. The van der Waals surface area contributed by atoms with E-state index in [9.17, 15) is 18.4 Å². The molecule has 8 nitrogen and oxygen atoms in total. The van der Waals surface area contributed by atoms with Gasteiger partial charge < -0.3 is 19.1 Å². The Morgan fingerprint density at radius 3 is 2.48 bits per heavy atom. The summed E-state index contributed by atoms with van der Waals surface area (Å²) in [7, 11) is 1.17. The fraction of sp³-hybridized carbons (Fsp3) is 0.571. The molecule has 2 heterocycles. The van der Waals surface area contributed by atoms with E-state index in [1.165, 1.54) is 13.2 Å². The number of carbonyl (C=O) groups excluding carboxylic acids is 2. The van der Waals surface area contributed by atoms with Crippen molar-refractivity contribution in [3.8, 4) is 5.75 Å². The number of ether oxygens (including phenoxy) is 3. The summed E-state index contributed by atoms with van der Waals surface area (Å²) in [6.45, 7) is 4.11. The van der Waals surface area contributed by atoms with Crippen LogP contribution in [0.4, 0.5) is 13.6 Å². The van der Waals surface area contributed by atoms with Crippen LogP contribution in [0.2, 0.25) is 0 Å². The lowest BCUT2D eigenvalue weighted by atomic mass is 9.97. The van der Waals surface area contributed by atoms with E-state index in [2.05, 4.69) is 14.6 Å². The van der Waals surface area contributed by atoms with Crippen LogP contribution in [0.1, 0.15) is 44.0 Å². The molecule has 170 valence electrons. The molecule has 3 rings (SSSR count). The lowest BCUT2D eigenvalue weighted by Gasteiger charge is -2.33. The topological polar surface area (TPSA) is 82.9 Å². The number of rotatable bonds is 5. The van der Waals surface area contributed by atoms with E-state index in [1.54, 1.807) is 21.8 Å². The minimum Gasteiger partial charge on any atom is -0.465 e. The molecule has 0 spiro atoms. The molecule has 0 unspecified atom stereocenters. The summed E-state index contributed by atoms with van der Waals surface area (Å²) < 4.78 is 42.2. The second-order valence-electron chi connectivity index (χ2n) is 8.51. The summed E-state index contributed by atoms with van der Waals surface area (Å²) in [5.74, 6) is -0.752. The summed E-state index contributed by atoms with van der Waals surface area (Å²) >= 11 is 0. The zero-order valence-corrected chi connectivity index (χ0v) is 18.1. The molecule has 1 aliphatic heterocycles. The predicted octanol–water partition coefficient (Wildman–Crippen LogP) is 4.07. The highest BCUT2D eigenvalue weighted by Gasteiger charge is 2.27. The Morgan fingerprint density at radius 1 is 1.23 bits per heavy atom. The van der Waals surface area contributed by atoms with Crippen molar-refractivity contribution in [1.29, 1.82) is 0 Å². The van der Waals surface area contributed by atoms with Gasteiger partial charge >= 0.3 is 18.7 Å². The number of halogens is 2. The zero-order valence-electron chi connectivity index (χ0n) is 18.1. The molecule has 1 aromatic heterocycles. The molecular weight excluding hydrogens is 412 g/mol. The first-order valence-corrected chi connectivity index (χ1v) is 10.1. The molecule has 1 fully saturated rings. The van der Waals surface area contributed by atoms with Gasteiger partial charge in [0.15, 0.2) is 5.75 Å². The van der Waals surface area contributed by atoms with Gasteiger partial charge in [0.25, 0.3) is 0 Å². The van der Waals surface area contributed by atoms with Gasteiger partial charge in [0, 0.05) is 25.8 Å². The zero-order chi connectivity index (χ0) is 22.8. The molecule has 1 saturated heterocycles.